The molecule has 114 valence electrons. The molecule has 0 aromatic carbocycles. The molecule has 6 heteroatoms. The Morgan fingerprint density at radius 1 is 1.36 bits per heavy atom. The molecule has 3 rings (SSSR count). The van der Waals surface area contributed by atoms with Gasteiger partial charge in [-0.05, 0) is 44.0 Å². The Morgan fingerprint density at radius 2 is 2.14 bits per heavy atom. The highest BCUT2D eigenvalue weighted by Gasteiger charge is 2.22. The first-order valence-electron chi connectivity index (χ1n) is 7.25. The van der Waals surface area contributed by atoms with Crippen LogP contribution in [0.1, 0.15) is 28.9 Å². The lowest BCUT2D eigenvalue weighted by atomic mass is 10.2. The van der Waals surface area contributed by atoms with Crippen molar-refractivity contribution in [1.82, 2.24) is 9.55 Å². The van der Waals surface area contributed by atoms with Crippen LogP contribution in [0.15, 0.2) is 35.3 Å². The molecule has 6 nitrogen and oxygen atoms in total. The fourth-order valence-electron chi connectivity index (χ4n) is 2.20. The third-order valence-electron chi connectivity index (χ3n) is 3.52. The summed E-state index contributed by atoms with van der Waals surface area (Å²) in [5, 5.41) is 5.94. The molecule has 0 saturated heterocycles. The van der Waals surface area contributed by atoms with E-state index in [-0.39, 0.29) is 17.2 Å². The lowest BCUT2D eigenvalue weighted by Crippen LogP contribution is -2.23. The summed E-state index contributed by atoms with van der Waals surface area (Å²) in [5.74, 6) is 0.390. The molecule has 0 spiro atoms. The van der Waals surface area contributed by atoms with Crippen LogP contribution in [0.5, 0.6) is 0 Å². The number of carbonyl (C=O) groups excluding carboxylic acids is 1. The monoisotopic (exact) mass is 298 g/mol. The van der Waals surface area contributed by atoms with Gasteiger partial charge in [0.1, 0.15) is 11.5 Å². The van der Waals surface area contributed by atoms with Crippen LogP contribution in [-0.4, -0.2) is 21.5 Å². The molecule has 1 aliphatic rings. The molecule has 0 radical (unpaired) electrons. The van der Waals surface area contributed by atoms with Gasteiger partial charge in [0, 0.05) is 30.5 Å². The van der Waals surface area contributed by atoms with Gasteiger partial charge in [-0.3, -0.25) is 9.59 Å². The molecule has 0 bridgehead atoms. The summed E-state index contributed by atoms with van der Waals surface area (Å²) in [6, 6.07) is 7.20. The Labute approximate surface area is 128 Å². The SMILES string of the molecule is Cc1cc(C(=O)Nc2cccn(C)c2=O)cc(NC2CC2)n1. The Bertz CT molecular complexity index is 778. The zero-order valence-corrected chi connectivity index (χ0v) is 12.6. The predicted octanol–water partition coefficient (Wildman–Crippen LogP) is 1.92. The zero-order chi connectivity index (χ0) is 15.7. The smallest absolute Gasteiger partial charge is 0.274 e. The highest BCUT2D eigenvalue weighted by atomic mass is 16.2. The van der Waals surface area contributed by atoms with E-state index in [4.69, 9.17) is 0 Å². The third-order valence-corrected chi connectivity index (χ3v) is 3.52. The van der Waals surface area contributed by atoms with Gasteiger partial charge < -0.3 is 15.2 Å². The summed E-state index contributed by atoms with van der Waals surface area (Å²) in [5.41, 5.74) is 1.28. The Balaban J connectivity index is 1.83. The van der Waals surface area contributed by atoms with Crippen LogP contribution in [0, 0.1) is 6.92 Å². The predicted molar refractivity (Wildman–Crippen MR) is 85.3 cm³/mol. The van der Waals surface area contributed by atoms with Gasteiger partial charge in [-0.25, -0.2) is 4.98 Å². The second-order valence-corrected chi connectivity index (χ2v) is 5.59. The second-order valence-electron chi connectivity index (χ2n) is 5.59. The van der Waals surface area contributed by atoms with E-state index in [9.17, 15) is 9.59 Å². The van der Waals surface area contributed by atoms with Crippen molar-refractivity contribution < 1.29 is 4.79 Å². The number of hydrogen-bond acceptors (Lipinski definition) is 4. The lowest BCUT2D eigenvalue weighted by molar-refractivity contribution is 0.102. The number of pyridine rings is 2. The second kappa shape index (κ2) is 5.63. The molecule has 2 N–H and O–H groups in total. The number of aryl methyl sites for hydroxylation is 2. The van der Waals surface area contributed by atoms with E-state index in [1.54, 1.807) is 37.5 Å². The summed E-state index contributed by atoms with van der Waals surface area (Å²) in [7, 11) is 1.65. The number of nitrogens with zero attached hydrogens (tertiary/aromatic N) is 2. The van der Waals surface area contributed by atoms with Crippen molar-refractivity contribution in [1.29, 1.82) is 0 Å². The van der Waals surface area contributed by atoms with Crippen molar-refractivity contribution in [3.05, 3.63) is 52.1 Å². The minimum atomic E-state index is -0.312. The molecule has 1 saturated carbocycles. The average molecular weight is 298 g/mol. The number of aromatic nitrogens is 2. The number of hydrogen-bond donors (Lipinski definition) is 2. The van der Waals surface area contributed by atoms with Gasteiger partial charge in [-0.1, -0.05) is 0 Å². The van der Waals surface area contributed by atoms with Gasteiger partial charge in [-0.15, -0.1) is 0 Å². The fraction of sp³-hybridized carbons (Fsp3) is 0.312. The van der Waals surface area contributed by atoms with Crippen molar-refractivity contribution in [2.45, 2.75) is 25.8 Å². The van der Waals surface area contributed by atoms with Crippen LogP contribution in [0.25, 0.3) is 0 Å². The number of amides is 1. The quantitative estimate of drug-likeness (QED) is 0.904. The largest absolute Gasteiger partial charge is 0.367 e. The van der Waals surface area contributed by atoms with Gasteiger partial charge in [0.2, 0.25) is 0 Å². The van der Waals surface area contributed by atoms with Crippen molar-refractivity contribution in [2.75, 3.05) is 10.6 Å². The van der Waals surface area contributed by atoms with Crippen LogP contribution < -0.4 is 16.2 Å². The fourth-order valence-corrected chi connectivity index (χ4v) is 2.20. The van der Waals surface area contributed by atoms with E-state index in [0.717, 1.165) is 18.5 Å². The first-order chi connectivity index (χ1) is 10.5. The van der Waals surface area contributed by atoms with Gasteiger partial charge in [0.15, 0.2) is 0 Å². The number of carbonyl (C=O) groups is 1. The van der Waals surface area contributed by atoms with Crippen LogP contribution in [0.4, 0.5) is 11.5 Å². The Morgan fingerprint density at radius 3 is 2.86 bits per heavy atom. The van der Waals surface area contributed by atoms with Gasteiger partial charge in [0.25, 0.3) is 11.5 Å². The summed E-state index contributed by atoms with van der Waals surface area (Å²) in [4.78, 5) is 28.7. The summed E-state index contributed by atoms with van der Waals surface area (Å²) in [6.07, 6.45) is 3.92. The molecule has 2 heterocycles. The third kappa shape index (κ3) is 3.16. The minimum Gasteiger partial charge on any atom is -0.367 e. The van der Waals surface area contributed by atoms with E-state index >= 15 is 0 Å². The molecule has 2 aromatic rings. The lowest BCUT2D eigenvalue weighted by Gasteiger charge is -2.09. The molecule has 1 amide bonds. The molecule has 0 aliphatic heterocycles. The maximum atomic E-state index is 12.4. The maximum absolute atomic E-state index is 12.4. The first-order valence-corrected chi connectivity index (χ1v) is 7.25. The van der Waals surface area contributed by atoms with Gasteiger partial charge >= 0.3 is 0 Å². The van der Waals surface area contributed by atoms with Crippen molar-refractivity contribution in [2.24, 2.45) is 7.05 Å². The van der Waals surface area contributed by atoms with Crippen LogP contribution in [0.2, 0.25) is 0 Å². The normalized spacial score (nSPS) is 13.7. The number of nitrogens with one attached hydrogen (secondary N) is 2. The van der Waals surface area contributed by atoms with E-state index in [2.05, 4.69) is 15.6 Å². The highest BCUT2D eigenvalue weighted by Crippen LogP contribution is 2.24. The topological polar surface area (TPSA) is 76.0 Å². The molecule has 0 unspecified atom stereocenters. The number of anilines is 2. The average Bonchev–Trinajstić information content (AvgIpc) is 3.27. The summed E-state index contributed by atoms with van der Waals surface area (Å²) in [6.45, 7) is 1.84. The first kappa shape index (κ1) is 14.3. The van der Waals surface area contributed by atoms with Gasteiger partial charge in [0.05, 0.1) is 0 Å². The van der Waals surface area contributed by atoms with Crippen molar-refractivity contribution in [3.8, 4) is 0 Å². The van der Waals surface area contributed by atoms with E-state index in [1.165, 1.54) is 4.57 Å². The van der Waals surface area contributed by atoms with E-state index < -0.39 is 0 Å². The van der Waals surface area contributed by atoms with Crippen LogP contribution >= 0.6 is 0 Å². The zero-order valence-electron chi connectivity index (χ0n) is 12.6. The van der Waals surface area contributed by atoms with E-state index in [1.807, 2.05) is 6.92 Å². The van der Waals surface area contributed by atoms with Crippen LogP contribution in [0.3, 0.4) is 0 Å². The molecule has 1 fully saturated rings. The molecular formula is C16H18N4O2. The molecule has 0 atom stereocenters. The Hall–Kier alpha value is -2.63. The summed E-state index contributed by atoms with van der Waals surface area (Å²) >= 11 is 0. The number of rotatable bonds is 4. The summed E-state index contributed by atoms with van der Waals surface area (Å²) < 4.78 is 1.42. The minimum absolute atomic E-state index is 0.238. The molecule has 1 aliphatic carbocycles. The molecular weight excluding hydrogens is 280 g/mol. The Kier molecular flexibility index (Phi) is 3.66. The standard InChI is InChI=1S/C16H18N4O2/c1-10-8-11(9-14(17-10)18-12-5-6-12)15(21)19-13-4-3-7-20(2)16(13)22/h3-4,7-9,12H,5-6H2,1-2H3,(H,17,18)(H,19,21). The highest BCUT2D eigenvalue weighted by molar-refractivity contribution is 6.04. The van der Waals surface area contributed by atoms with Crippen molar-refractivity contribution >= 4 is 17.4 Å². The maximum Gasteiger partial charge on any atom is 0.274 e. The van der Waals surface area contributed by atoms with Gasteiger partial charge in [-0.2, -0.15) is 0 Å². The molecule has 2 aromatic heterocycles. The molecule has 22 heavy (non-hydrogen) atoms. The van der Waals surface area contributed by atoms with Crippen LogP contribution in [-0.2, 0) is 7.05 Å². The van der Waals surface area contributed by atoms with Crippen molar-refractivity contribution in [3.63, 3.8) is 0 Å². The van der Waals surface area contributed by atoms with E-state index in [0.29, 0.717) is 17.4 Å².